The van der Waals surface area contributed by atoms with Crippen LogP contribution in [-0.2, 0) is 14.3 Å². The number of hydrogen-bond donors (Lipinski definition) is 3. The van der Waals surface area contributed by atoms with Crippen molar-refractivity contribution in [3.05, 3.63) is 72.9 Å². The Hall–Kier alpha value is -2.70. The molecule has 352 valence electrons. The molecule has 61 heavy (non-hydrogen) atoms. The molecule has 0 aliphatic rings. The highest BCUT2D eigenvalue weighted by Crippen LogP contribution is 2.17. The molecule has 0 aliphatic carbocycles. The van der Waals surface area contributed by atoms with Gasteiger partial charge in [0.25, 0.3) is 0 Å². The van der Waals surface area contributed by atoms with E-state index in [-0.39, 0.29) is 24.9 Å². The predicted octanol–water partition coefficient (Wildman–Crippen LogP) is 15.4. The van der Waals surface area contributed by atoms with Crippen molar-refractivity contribution in [1.82, 2.24) is 5.32 Å². The number of ether oxygens (including phenoxy) is 1. The molecule has 0 spiro atoms. The summed E-state index contributed by atoms with van der Waals surface area (Å²) in [4.78, 5) is 26.1. The number of nitrogens with one attached hydrogen (secondary N) is 1. The Morgan fingerprint density at radius 2 is 0.951 bits per heavy atom. The summed E-state index contributed by atoms with van der Waals surface area (Å²) in [6.07, 6.45) is 61.0. The lowest BCUT2D eigenvalue weighted by Gasteiger charge is -2.24. The van der Waals surface area contributed by atoms with Crippen LogP contribution in [0, 0.1) is 0 Å². The fraction of sp³-hybridized carbons (Fsp3) is 0.745. The zero-order valence-electron chi connectivity index (χ0n) is 40.0. The largest absolute Gasteiger partial charge is 0.462 e. The van der Waals surface area contributed by atoms with Gasteiger partial charge in [-0.3, -0.25) is 9.59 Å². The van der Waals surface area contributed by atoms with Crippen molar-refractivity contribution >= 4 is 11.9 Å². The summed E-state index contributed by atoms with van der Waals surface area (Å²) in [6, 6.07) is -0.720. The Kier molecular flexibility index (Phi) is 46.2. The van der Waals surface area contributed by atoms with E-state index in [1.165, 1.54) is 96.3 Å². The van der Waals surface area contributed by atoms with Gasteiger partial charge in [0, 0.05) is 6.42 Å². The number of amides is 1. The molecule has 0 aliphatic heterocycles. The molecule has 3 unspecified atom stereocenters. The number of carbonyl (C=O) groups excluding carboxylic acids is 2. The Bertz CT molecular complexity index is 1140. The topological polar surface area (TPSA) is 95.9 Å². The quantitative estimate of drug-likeness (QED) is 0.0245. The van der Waals surface area contributed by atoms with Crippen molar-refractivity contribution in [3.63, 3.8) is 0 Å². The summed E-state index contributed by atoms with van der Waals surface area (Å²) >= 11 is 0. The molecule has 0 aromatic heterocycles. The molecule has 0 aromatic carbocycles. The summed E-state index contributed by atoms with van der Waals surface area (Å²) in [6.45, 7) is 6.33. The van der Waals surface area contributed by atoms with Crippen molar-refractivity contribution in [3.8, 4) is 0 Å². The number of carbonyl (C=O) groups is 2. The SMILES string of the molecule is CC/C=C/C/C=C/C/C=C/CCCCC(CC(=O)NC(CO)C(O)CCCCCCCCCCCCCC)OC(=O)CCCCCCC/C=C/C=C/C=C/CCCCCCC. The highest BCUT2D eigenvalue weighted by atomic mass is 16.5. The van der Waals surface area contributed by atoms with Crippen LogP contribution in [0.5, 0.6) is 0 Å². The summed E-state index contributed by atoms with van der Waals surface area (Å²) in [5, 5.41) is 23.7. The molecule has 3 atom stereocenters. The van der Waals surface area contributed by atoms with Gasteiger partial charge in [0.15, 0.2) is 0 Å². The van der Waals surface area contributed by atoms with Gasteiger partial charge in [0.05, 0.1) is 25.2 Å². The second-order valence-electron chi connectivity index (χ2n) is 17.2. The maximum absolute atomic E-state index is 13.2. The molecule has 6 nitrogen and oxygen atoms in total. The van der Waals surface area contributed by atoms with Crippen LogP contribution in [0.1, 0.15) is 239 Å². The van der Waals surface area contributed by atoms with Gasteiger partial charge in [0.2, 0.25) is 5.91 Å². The van der Waals surface area contributed by atoms with E-state index in [9.17, 15) is 19.8 Å². The normalized spacial score (nSPS) is 13.9. The van der Waals surface area contributed by atoms with E-state index in [1.807, 2.05) is 0 Å². The highest BCUT2D eigenvalue weighted by Gasteiger charge is 2.24. The third kappa shape index (κ3) is 43.7. The monoisotopic (exact) mass is 852 g/mol. The molecular formula is C55H97NO5. The van der Waals surface area contributed by atoms with Crippen molar-refractivity contribution in [1.29, 1.82) is 0 Å². The number of aliphatic hydroxyl groups excluding tert-OH is 2. The van der Waals surface area contributed by atoms with Crippen molar-refractivity contribution < 1.29 is 24.5 Å². The van der Waals surface area contributed by atoms with Gasteiger partial charge in [-0.25, -0.2) is 0 Å². The molecule has 0 heterocycles. The van der Waals surface area contributed by atoms with Crippen LogP contribution in [-0.4, -0.2) is 46.9 Å². The number of hydrogen-bond acceptors (Lipinski definition) is 5. The molecular weight excluding hydrogens is 755 g/mol. The Balaban J connectivity index is 4.64. The molecule has 0 radical (unpaired) electrons. The average Bonchev–Trinajstić information content (AvgIpc) is 3.25. The Morgan fingerprint density at radius 1 is 0.508 bits per heavy atom. The minimum absolute atomic E-state index is 0.0405. The minimum Gasteiger partial charge on any atom is -0.462 e. The maximum atomic E-state index is 13.2. The van der Waals surface area contributed by atoms with Crippen molar-refractivity contribution in [2.45, 2.75) is 257 Å². The second-order valence-corrected chi connectivity index (χ2v) is 17.2. The van der Waals surface area contributed by atoms with Gasteiger partial charge in [-0.2, -0.15) is 0 Å². The summed E-state index contributed by atoms with van der Waals surface area (Å²) < 4.78 is 5.90. The first-order chi connectivity index (χ1) is 30.0. The first-order valence-electron chi connectivity index (χ1n) is 25.7. The van der Waals surface area contributed by atoms with Crippen LogP contribution in [0.4, 0.5) is 0 Å². The number of aliphatic hydroxyl groups is 2. The molecule has 1 amide bonds. The van der Waals surface area contributed by atoms with Crippen LogP contribution in [0.15, 0.2) is 72.9 Å². The zero-order chi connectivity index (χ0) is 44.5. The van der Waals surface area contributed by atoms with E-state index < -0.39 is 18.2 Å². The van der Waals surface area contributed by atoms with E-state index in [0.29, 0.717) is 19.3 Å². The highest BCUT2D eigenvalue weighted by molar-refractivity contribution is 5.77. The maximum Gasteiger partial charge on any atom is 0.306 e. The van der Waals surface area contributed by atoms with E-state index in [2.05, 4.69) is 99.0 Å². The van der Waals surface area contributed by atoms with Gasteiger partial charge in [-0.15, -0.1) is 0 Å². The van der Waals surface area contributed by atoms with Crippen LogP contribution in [0.3, 0.4) is 0 Å². The lowest BCUT2D eigenvalue weighted by atomic mass is 10.0. The lowest BCUT2D eigenvalue weighted by molar-refractivity contribution is -0.151. The van der Waals surface area contributed by atoms with E-state index in [4.69, 9.17) is 4.74 Å². The fourth-order valence-electron chi connectivity index (χ4n) is 7.45. The smallest absolute Gasteiger partial charge is 0.306 e. The van der Waals surface area contributed by atoms with Gasteiger partial charge < -0.3 is 20.3 Å². The summed E-state index contributed by atoms with van der Waals surface area (Å²) in [7, 11) is 0. The number of allylic oxidation sites excluding steroid dienone is 12. The standard InChI is InChI=1S/C55H97NO5/c1-4-7-10-13-16-19-22-25-26-27-28-29-30-33-36-39-42-45-48-55(60)61-51(46-43-40-37-34-31-23-20-17-14-11-8-5-2)49-54(59)56-52(50-57)53(58)47-44-41-38-35-32-24-21-18-15-12-9-6-3/h8,11,17,20,22,25-29,31,34,51-53,57-58H,4-7,9-10,12-16,18-19,21,23-24,30,32-33,35-50H2,1-3H3,(H,56,59)/b11-8+,20-17+,25-22+,27-26+,29-28+,34-31+. The van der Waals surface area contributed by atoms with E-state index in [0.717, 1.165) is 96.3 Å². The van der Waals surface area contributed by atoms with Crippen LogP contribution >= 0.6 is 0 Å². The van der Waals surface area contributed by atoms with Crippen molar-refractivity contribution in [2.24, 2.45) is 0 Å². The number of rotatable bonds is 45. The van der Waals surface area contributed by atoms with Crippen molar-refractivity contribution in [2.75, 3.05) is 6.61 Å². The molecule has 0 saturated carbocycles. The molecule has 6 heteroatoms. The molecule has 0 rings (SSSR count). The van der Waals surface area contributed by atoms with Crippen LogP contribution in [0.2, 0.25) is 0 Å². The first kappa shape index (κ1) is 58.3. The Morgan fingerprint density at radius 3 is 1.49 bits per heavy atom. The lowest BCUT2D eigenvalue weighted by Crippen LogP contribution is -2.46. The number of esters is 1. The van der Waals surface area contributed by atoms with Crippen LogP contribution in [0.25, 0.3) is 0 Å². The first-order valence-corrected chi connectivity index (χ1v) is 25.7. The molecule has 0 bridgehead atoms. The second kappa shape index (κ2) is 48.3. The van der Waals surface area contributed by atoms with Crippen LogP contribution < -0.4 is 5.32 Å². The van der Waals surface area contributed by atoms with Gasteiger partial charge in [-0.05, 0) is 83.5 Å². The van der Waals surface area contributed by atoms with Gasteiger partial charge in [0.1, 0.15) is 6.10 Å². The predicted molar refractivity (Wildman–Crippen MR) is 264 cm³/mol. The minimum atomic E-state index is -0.803. The Labute approximate surface area is 377 Å². The zero-order valence-corrected chi connectivity index (χ0v) is 40.0. The summed E-state index contributed by atoms with van der Waals surface area (Å²) in [5.41, 5.74) is 0. The number of unbranched alkanes of at least 4 members (excludes halogenated alkanes) is 23. The molecule has 0 saturated heterocycles. The van der Waals surface area contributed by atoms with E-state index >= 15 is 0 Å². The molecule has 0 fully saturated rings. The fourth-order valence-corrected chi connectivity index (χ4v) is 7.45. The van der Waals surface area contributed by atoms with E-state index in [1.54, 1.807) is 0 Å². The average molecular weight is 852 g/mol. The van der Waals surface area contributed by atoms with Gasteiger partial charge >= 0.3 is 5.97 Å². The summed E-state index contributed by atoms with van der Waals surface area (Å²) in [5.74, 6) is -0.538. The third-order valence-electron chi connectivity index (χ3n) is 11.3. The van der Waals surface area contributed by atoms with Gasteiger partial charge in [-0.1, -0.05) is 216 Å². The molecule has 3 N–H and O–H groups in total. The molecule has 0 aromatic rings. The third-order valence-corrected chi connectivity index (χ3v) is 11.3.